The number of thioether (sulfide) groups is 1. The molecule has 0 radical (unpaired) electrons. The van der Waals surface area contributed by atoms with Crippen molar-refractivity contribution in [2.24, 2.45) is 0 Å². The van der Waals surface area contributed by atoms with Crippen LogP contribution in [0, 0.1) is 0 Å². The Hall–Kier alpha value is -1.26. The predicted octanol–water partition coefficient (Wildman–Crippen LogP) is 3.14. The van der Waals surface area contributed by atoms with Crippen molar-refractivity contribution >= 4 is 28.5 Å². The highest BCUT2D eigenvalue weighted by atomic mass is 32.2. The molecule has 1 aromatic carbocycles. The van der Waals surface area contributed by atoms with Crippen LogP contribution in [0.3, 0.4) is 0 Å². The van der Waals surface area contributed by atoms with Gasteiger partial charge in [-0.15, -0.1) is 0 Å². The summed E-state index contributed by atoms with van der Waals surface area (Å²) < 4.78 is 0. The van der Waals surface area contributed by atoms with Crippen molar-refractivity contribution in [1.82, 2.24) is 10.3 Å². The van der Waals surface area contributed by atoms with Crippen LogP contribution in [0.5, 0.6) is 0 Å². The van der Waals surface area contributed by atoms with Crippen molar-refractivity contribution in [2.45, 2.75) is 19.5 Å². The maximum Gasteiger partial charge on any atom is 0.133 e. The van der Waals surface area contributed by atoms with Crippen molar-refractivity contribution in [3.63, 3.8) is 0 Å². The Kier molecular flexibility index (Phi) is 5.26. The van der Waals surface area contributed by atoms with E-state index in [0.29, 0.717) is 6.04 Å². The minimum Gasteiger partial charge on any atom is -0.356 e. The molecule has 2 rings (SSSR count). The van der Waals surface area contributed by atoms with Crippen LogP contribution < -0.4 is 10.2 Å². The van der Waals surface area contributed by atoms with Gasteiger partial charge in [0.25, 0.3) is 0 Å². The molecule has 2 aromatic rings. The SMILES string of the molecule is CNCc1cc2ccccc2nc1N(C)C(C)CSC. The molecular weight excluding hydrogens is 266 g/mol. The van der Waals surface area contributed by atoms with Gasteiger partial charge in [-0.1, -0.05) is 18.2 Å². The van der Waals surface area contributed by atoms with E-state index in [1.54, 1.807) is 0 Å². The van der Waals surface area contributed by atoms with Crippen LogP contribution in [0.25, 0.3) is 10.9 Å². The highest BCUT2D eigenvalue weighted by Crippen LogP contribution is 2.24. The summed E-state index contributed by atoms with van der Waals surface area (Å²) in [4.78, 5) is 7.16. The molecule has 1 atom stereocenters. The van der Waals surface area contributed by atoms with Crippen LogP contribution in [0.2, 0.25) is 0 Å². The molecule has 108 valence electrons. The van der Waals surface area contributed by atoms with Crippen molar-refractivity contribution in [3.8, 4) is 0 Å². The van der Waals surface area contributed by atoms with E-state index in [1.807, 2.05) is 24.9 Å². The van der Waals surface area contributed by atoms with Gasteiger partial charge < -0.3 is 10.2 Å². The lowest BCUT2D eigenvalue weighted by Gasteiger charge is -2.28. The summed E-state index contributed by atoms with van der Waals surface area (Å²) in [5, 5.41) is 4.44. The molecule has 0 amide bonds. The quantitative estimate of drug-likeness (QED) is 0.884. The molecule has 1 aromatic heterocycles. The highest BCUT2D eigenvalue weighted by Gasteiger charge is 2.15. The number of para-hydroxylation sites is 1. The molecule has 0 spiro atoms. The number of rotatable bonds is 6. The van der Waals surface area contributed by atoms with E-state index in [0.717, 1.165) is 23.6 Å². The molecule has 0 bridgehead atoms. The van der Waals surface area contributed by atoms with Crippen molar-refractivity contribution < 1.29 is 0 Å². The van der Waals surface area contributed by atoms with E-state index in [4.69, 9.17) is 4.98 Å². The van der Waals surface area contributed by atoms with Gasteiger partial charge in [0.05, 0.1) is 5.52 Å². The van der Waals surface area contributed by atoms with E-state index in [9.17, 15) is 0 Å². The highest BCUT2D eigenvalue weighted by molar-refractivity contribution is 7.98. The van der Waals surface area contributed by atoms with Gasteiger partial charge in [-0.05, 0) is 32.4 Å². The van der Waals surface area contributed by atoms with Gasteiger partial charge in [-0.25, -0.2) is 4.98 Å². The van der Waals surface area contributed by atoms with Crippen LogP contribution in [-0.4, -0.2) is 37.1 Å². The molecule has 0 aliphatic rings. The number of anilines is 1. The second-order valence-electron chi connectivity index (χ2n) is 5.11. The number of nitrogens with one attached hydrogen (secondary N) is 1. The second kappa shape index (κ2) is 6.95. The Morgan fingerprint density at radius 1 is 1.35 bits per heavy atom. The first kappa shape index (κ1) is 15.1. The summed E-state index contributed by atoms with van der Waals surface area (Å²) in [5.41, 5.74) is 2.31. The van der Waals surface area contributed by atoms with E-state index in [1.165, 1.54) is 10.9 Å². The molecular formula is C16H23N3S. The fourth-order valence-electron chi connectivity index (χ4n) is 2.34. The van der Waals surface area contributed by atoms with Crippen molar-refractivity contribution in [1.29, 1.82) is 0 Å². The summed E-state index contributed by atoms with van der Waals surface area (Å²) in [5.74, 6) is 2.18. The summed E-state index contributed by atoms with van der Waals surface area (Å²) in [6, 6.07) is 11.0. The van der Waals surface area contributed by atoms with Gasteiger partial charge in [0.1, 0.15) is 5.82 Å². The van der Waals surface area contributed by atoms with Gasteiger partial charge in [0, 0.05) is 36.3 Å². The lowest BCUT2D eigenvalue weighted by atomic mass is 10.1. The lowest BCUT2D eigenvalue weighted by molar-refractivity contribution is 0.737. The van der Waals surface area contributed by atoms with Gasteiger partial charge in [-0.3, -0.25) is 0 Å². The topological polar surface area (TPSA) is 28.2 Å². The number of nitrogens with zero attached hydrogens (tertiary/aromatic N) is 2. The normalized spacial score (nSPS) is 12.6. The van der Waals surface area contributed by atoms with Gasteiger partial charge in [-0.2, -0.15) is 11.8 Å². The molecule has 1 unspecified atom stereocenters. The molecule has 0 fully saturated rings. The number of aromatic nitrogens is 1. The largest absolute Gasteiger partial charge is 0.356 e. The van der Waals surface area contributed by atoms with Crippen LogP contribution in [0.4, 0.5) is 5.82 Å². The standard InChI is InChI=1S/C16H23N3S/c1-12(11-20-4)19(3)16-14(10-17-2)9-13-7-5-6-8-15(13)18-16/h5-9,12,17H,10-11H2,1-4H3. The maximum atomic E-state index is 4.87. The molecule has 1 heterocycles. The Balaban J connectivity index is 2.45. The number of pyridine rings is 1. The minimum absolute atomic E-state index is 0.467. The second-order valence-corrected chi connectivity index (χ2v) is 6.02. The number of benzene rings is 1. The fourth-order valence-corrected chi connectivity index (χ4v) is 3.04. The predicted molar refractivity (Wildman–Crippen MR) is 90.8 cm³/mol. The van der Waals surface area contributed by atoms with Gasteiger partial charge in [0.2, 0.25) is 0 Å². The van der Waals surface area contributed by atoms with Crippen LogP contribution in [-0.2, 0) is 6.54 Å². The third-order valence-corrected chi connectivity index (χ3v) is 4.37. The summed E-state index contributed by atoms with van der Waals surface area (Å²) in [7, 11) is 4.11. The molecule has 20 heavy (non-hydrogen) atoms. The molecule has 1 N–H and O–H groups in total. The average molecular weight is 289 g/mol. The number of hydrogen-bond acceptors (Lipinski definition) is 4. The summed E-state index contributed by atoms with van der Waals surface area (Å²) >= 11 is 1.87. The zero-order valence-corrected chi connectivity index (χ0v) is 13.5. The summed E-state index contributed by atoms with van der Waals surface area (Å²) in [6.07, 6.45) is 2.15. The Bertz CT molecular complexity index is 571. The number of hydrogen-bond donors (Lipinski definition) is 1. The first-order valence-corrected chi connectivity index (χ1v) is 8.31. The van der Waals surface area contributed by atoms with Gasteiger partial charge >= 0.3 is 0 Å². The Labute approximate surface area is 125 Å². The molecule has 0 saturated carbocycles. The van der Waals surface area contributed by atoms with E-state index in [-0.39, 0.29) is 0 Å². The van der Waals surface area contributed by atoms with Crippen molar-refractivity contribution in [3.05, 3.63) is 35.9 Å². The van der Waals surface area contributed by atoms with Crippen LogP contribution >= 0.6 is 11.8 Å². The van der Waals surface area contributed by atoms with Crippen LogP contribution in [0.15, 0.2) is 30.3 Å². The van der Waals surface area contributed by atoms with Crippen molar-refractivity contribution in [2.75, 3.05) is 31.0 Å². The summed E-state index contributed by atoms with van der Waals surface area (Å²) in [6.45, 7) is 3.08. The third kappa shape index (κ3) is 3.25. The van der Waals surface area contributed by atoms with Gasteiger partial charge in [0.15, 0.2) is 0 Å². The van der Waals surface area contributed by atoms with E-state index >= 15 is 0 Å². The first-order valence-electron chi connectivity index (χ1n) is 6.92. The molecule has 0 aliphatic carbocycles. The molecule has 0 saturated heterocycles. The monoisotopic (exact) mass is 289 g/mol. The Morgan fingerprint density at radius 2 is 2.10 bits per heavy atom. The third-order valence-electron chi connectivity index (χ3n) is 3.55. The molecule has 3 nitrogen and oxygen atoms in total. The number of fused-ring (bicyclic) bond motifs is 1. The van der Waals surface area contributed by atoms with Crippen LogP contribution in [0.1, 0.15) is 12.5 Å². The Morgan fingerprint density at radius 3 is 2.80 bits per heavy atom. The first-order chi connectivity index (χ1) is 9.67. The minimum atomic E-state index is 0.467. The lowest BCUT2D eigenvalue weighted by Crippen LogP contribution is -2.32. The maximum absolute atomic E-state index is 4.87. The van der Waals surface area contributed by atoms with E-state index in [2.05, 4.69) is 54.7 Å². The fraction of sp³-hybridized carbons (Fsp3) is 0.438. The zero-order chi connectivity index (χ0) is 14.5. The smallest absolute Gasteiger partial charge is 0.133 e. The van der Waals surface area contributed by atoms with E-state index < -0.39 is 0 Å². The molecule has 4 heteroatoms. The average Bonchev–Trinajstić information content (AvgIpc) is 2.46. The zero-order valence-electron chi connectivity index (χ0n) is 12.7. The molecule has 0 aliphatic heterocycles.